The molecular weight excluding hydrogens is 458 g/mol. The monoisotopic (exact) mass is 489 g/mol. The Bertz CT molecular complexity index is 1570. The van der Waals surface area contributed by atoms with Crippen molar-refractivity contribution in [2.45, 2.75) is 39.5 Å². The number of aromatic nitrogens is 3. The van der Waals surface area contributed by atoms with Gasteiger partial charge in [0.05, 0.1) is 42.1 Å². The van der Waals surface area contributed by atoms with E-state index in [4.69, 9.17) is 14.2 Å². The highest BCUT2D eigenvalue weighted by Crippen LogP contribution is 2.42. The van der Waals surface area contributed by atoms with Crippen molar-refractivity contribution in [1.29, 1.82) is 0 Å². The minimum absolute atomic E-state index is 0.000312. The number of hydrogen-bond acceptors (Lipinski definition) is 5. The van der Waals surface area contributed by atoms with Gasteiger partial charge < -0.3 is 18.8 Å². The fraction of sp³-hybridized carbons (Fsp3) is 0.357. The van der Waals surface area contributed by atoms with Crippen molar-refractivity contribution >= 4 is 10.9 Å². The van der Waals surface area contributed by atoms with Crippen LogP contribution in [0, 0.1) is 6.92 Å². The van der Waals surface area contributed by atoms with Crippen LogP contribution in [0.25, 0.3) is 22.2 Å². The SMILES string of the molecule is COc1cc([C@H]2OCCn3c(-c4ccc(C)cc4)c4c(=O)n(C)c(=O)n(C)c4c32)ccc1OC(C)C. The van der Waals surface area contributed by atoms with Crippen molar-refractivity contribution in [2.75, 3.05) is 13.7 Å². The summed E-state index contributed by atoms with van der Waals surface area (Å²) in [5.41, 5.74) is 4.38. The molecule has 0 aliphatic carbocycles. The quantitative estimate of drug-likeness (QED) is 0.425. The van der Waals surface area contributed by atoms with E-state index < -0.39 is 6.10 Å². The highest BCUT2D eigenvalue weighted by atomic mass is 16.5. The summed E-state index contributed by atoms with van der Waals surface area (Å²) >= 11 is 0. The predicted octanol–water partition coefficient (Wildman–Crippen LogP) is 3.93. The Morgan fingerprint density at radius 3 is 2.39 bits per heavy atom. The molecule has 1 aliphatic rings. The minimum Gasteiger partial charge on any atom is -0.493 e. The minimum atomic E-state index is -0.500. The Labute approximate surface area is 209 Å². The standard InChI is InChI=1S/C28H31N3O5/c1-16(2)36-20-12-11-19(15-21(20)34-6)26-25-24-22(27(32)30(5)28(33)29(24)4)23(31(25)13-14-35-26)18-9-7-17(3)8-10-18/h7-12,15-16,26H,13-14H2,1-6H3/t26-/m1/s1. The van der Waals surface area contributed by atoms with Crippen LogP contribution in [0.1, 0.15) is 36.8 Å². The predicted molar refractivity (Wildman–Crippen MR) is 139 cm³/mol. The van der Waals surface area contributed by atoms with Crippen LogP contribution in [0.4, 0.5) is 0 Å². The Hall–Kier alpha value is -3.78. The largest absolute Gasteiger partial charge is 0.493 e. The zero-order chi connectivity index (χ0) is 25.7. The Kier molecular flexibility index (Phi) is 6.00. The fourth-order valence-electron chi connectivity index (χ4n) is 5.04. The van der Waals surface area contributed by atoms with Gasteiger partial charge in [0.15, 0.2) is 11.5 Å². The summed E-state index contributed by atoms with van der Waals surface area (Å²) in [6.45, 7) is 6.97. The molecule has 36 heavy (non-hydrogen) atoms. The number of nitrogens with zero attached hydrogens (tertiary/aromatic N) is 3. The molecule has 0 saturated heterocycles. The van der Waals surface area contributed by atoms with Crippen LogP contribution in [0.2, 0.25) is 0 Å². The molecule has 5 rings (SSSR count). The topological polar surface area (TPSA) is 76.6 Å². The zero-order valence-electron chi connectivity index (χ0n) is 21.5. The first-order chi connectivity index (χ1) is 17.2. The number of methoxy groups -OCH3 is 1. The lowest BCUT2D eigenvalue weighted by atomic mass is 10.0. The van der Waals surface area contributed by atoms with Crippen molar-refractivity contribution < 1.29 is 14.2 Å². The third-order valence-electron chi connectivity index (χ3n) is 6.73. The van der Waals surface area contributed by atoms with Crippen LogP contribution >= 0.6 is 0 Å². The van der Waals surface area contributed by atoms with Gasteiger partial charge in [0.1, 0.15) is 6.10 Å². The van der Waals surface area contributed by atoms with Gasteiger partial charge in [-0.1, -0.05) is 35.9 Å². The molecule has 0 amide bonds. The van der Waals surface area contributed by atoms with Crippen molar-refractivity contribution in [3.05, 3.63) is 80.1 Å². The van der Waals surface area contributed by atoms with Gasteiger partial charge in [-0.25, -0.2) is 4.79 Å². The summed E-state index contributed by atoms with van der Waals surface area (Å²) in [4.78, 5) is 26.5. The molecule has 2 aromatic heterocycles. The second-order valence-corrected chi connectivity index (χ2v) is 9.51. The van der Waals surface area contributed by atoms with Gasteiger partial charge in [-0.05, 0) is 44.0 Å². The molecule has 0 saturated carbocycles. The molecule has 3 heterocycles. The smallest absolute Gasteiger partial charge is 0.331 e. The summed E-state index contributed by atoms with van der Waals surface area (Å²) in [6.07, 6.45) is -0.500. The normalized spacial score (nSPS) is 15.4. The van der Waals surface area contributed by atoms with E-state index in [1.807, 2.05) is 63.2 Å². The molecule has 1 atom stereocenters. The van der Waals surface area contributed by atoms with Gasteiger partial charge >= 0.3 is 5.69 Å². The van der Waals surface area contributed by atoms with Gasteiger partial charge in [-0.15, -0.1) is 0 Å². The van der Waals surface area contributed by atoms with Gasteiger partial charge in [0, 0.05) is 20.6 Å². The van der Waals surface area contributed by atoms with Crippen molar-refractivity contribution in [1.82, 2.24) is 13.7 Å². The molecule has 0 bridgehead atoms. The lowest BCUT2D eigenvalue weighted by Gasteiger charge is -2.28. The third kappa shape index (κ3) is 3.73. The second kappa shape index (κ2) is 9.02. The van der Waals surface area contributed by atoms with Crippen molar-refractivity contribution in [3.8, 4) is 22.8 Å². The third-order valence-corrected chi connectivity index (χ3v) is 6.73. The molecule has 188 valence electrons. The summed E-state index contributed by atoms with van der Waals surface area (Å²) in [7, 11) is 4.83. The van der Waals surface area contributed by atoms with Crippen LogP contribution in [-0.2, 0) is 25.4 Å². The number of aryl methyl sites for hydroxylation is 2. The van der Waals surface area contributed by atoms with Gasteiger partial charge in [0.2, 0.25) is 0 Å². The van der Waals surface area contributed by atoms with E-state index in [2.05, 4.69) is 4.57 Å². The van der Waals surface area contributed by atoms with E-state index in [9.17, 15) is 9.59 Å². The molecule has 8 nitrogen and oxygen atoms in total. The van der Waals surface area contributed by atoms with E-state index in [1.54, 1.807) is 18.7 Å². The zero-order valence-corrected chi connectivity index (χ0v) is 21.5. The molecule has 8 heteroatoms. The number of ether oxygens (including phenoxy) is 3. The summed E-state index contributed by atoms with van der Waals surface area (Å²) in [5.74, 6) is 1.25. The van der Waals surface area contributed by atoms with Crippen LogP contribution in [0.3, 0.4) is 0 Å². The Morgan fingerprint density at radius 2 is 1.72 bits per heavy atom. The highest BCUT2D eigenvalue weighted by Gasteiger charge is 2.33. The summed E-state index contributed by atoms with van der Waals surface area (Å²) in [5, 5.41) is 0.515. The highest BCUT2D eigenvalue weighted by molar-refractivity contribution is 5.96. The Balaban J connectivity index is 1.82. The fourth-order valence-corrected chi connectivity index (χ4v) is 5.04. The van der Waals surface area contributed by atoms with Crippen LogP contribution in [0.15, 0.2) is 52.1 Å². The second-order valence-electron chi connectivity index (χ2n) is 9.51. The molecule has 0 radical (unpaired) electrons. The first-order valence-electron chi connectivity index (χ1n) is 12.1. The maximum absolute atomic E-state index is 13.5. The van der Waals surface area contributed by atoms with Crippen LogP contribution in [0.5, 0.6) is 11.5 Å². The van der Waals surface area contributed by atoms with E-state index in [0.717, 1.165) is 28.1 Å². The van der Waals surface area contributed by atoms with Gasteiger partial charge in [-0.2, -0.15) is 0 Å². The maximum atomic E-state index is 13.5. The molecular formula is C28H31N3O5. The number of rotatable bonds is 5. The van der Waals surface area contributed by atoms with Crippen molar-refractivity contribution in [3.63, 3.8) is 0 Å². The molecule has 0 unspecified atom stereocenters. The van der Waals surface area contributed by atoms with Crippen LogP contribution < -0.4 is 20.7 Å². The lowest BCUT2D eigenvalue weighted by molar-refractivity contribution is 0.0477. The molecule has 2 aromatic carbocycles. The molecule has 4 aromatic rings. The summed E-state index contributed by atoms with van der Waals surface area (Å²) in [6, 6.07) is 13.8. The van der Waals surface area contributed by atoms with Crippen molar-refractivity contribution in [2.24, 2.45) is 14.1 Å². The van der Waals surface area contributed by atoms with Gasteiger partial charge in [-0.3, -0.25) is 13.9 Å². The maximum Gasteiger partial charge on any atom is 0.331 e. The first kappa shape index (κ1) is 23.9. The lowest BCUT2D eigenvalue weighted by Crippen LogP contribution is -2.37. The van der Waals surface area contributed by atoms with E-state index in [0.29, 0.717) is 35.6 Å². The number of hydrogen-bond donors (Lipinski definition) is 0. The Morgan fingerprint density at radius 1 is 1.00 bits per heavy atom. The average molecular weight is 490 g/mol. The number of benzene rings is 2. The van der Waals surface area contributed by atoms with Crippen LogP contribution in [-0.4, -0.2) is 33.5 Å². The van der Waals surface area contributed by atoms with E-state index in [-0.39, 0.29) is 17.4 Å². The molecule has 0 fully saturated rings. The summed E-state index contributed by atoms with van der Waals surface area (Å²) < 4.78 is 22.7. The number of fused-ring (bicyclic) bond motifs is 3. The first-order valence-corrected chi connectivity index (χ1v) is 12.1. The van der Waals surface area contributed by atoms with E-state index >= 15 is 0 Å². The average Bonchev–Trinajstić information content (AvgIpc) is 3.22. The van der Waals surface area contributed by atoms with Gasteiger partial charge in [0.25, 0.3) is 5.56 Å². The van der Waals surface area contributed by atoms with E-state index in [1.165, 1.54) is 11.6 Å². The molecule has 1 aliphatic heterocycles. The molecule has 0 spiro atoms. The molecule has 0 N–H and O–H groups in total.